The van der Waals surface area contributed by atoms with Gasteiger partial charge in [-0.25, -0.2) is 14.2 Å². The molecule has 28 heavy (non-hydrogen) atoms. The first-order chi connectivity index (χ1) is 13.2. The van der Waals surface area contributed by atoms with Crippen molar-refractivity contribution in [3.63, 3.8) is 0 Å². The van der Waals surface area contributed by atoms with Gasteiger partial charge in [0.2, 0.25) is 0 Å². The topological polar surface area (TPSA) is 48.5 Å². The van der Waals surface area contributed by atoms with Crippen molar-refractivity contribution in [1.29, 1.82) is 0 Å². The molecule has 3 fully saturated rings. The van der Waals surface area contributed by atoms with Crippen molar-refractivity contribution in [2.75, 3.05) is 24.5 Å². The number of hydrogen-bond donors (Lipinski definition) is 1. The van der Waals surface area contributed by atoms with Crippen LogP contribution in [0.2, 0.25) is 0 Å². The van der Waals surface area contributed by atoms with E-state index < -0.39 is 18.0 Å². The largest absolute Gasteiger partial charge is 0.433 e. The van der Waals surface area contributed by atoms with Gasteiger partial charge in [0, 0.05) is 37.5 Å². The van der Waals surface area contributed by atoms with Gasteiger partial charge in [-0.3, -0.25) is 0 Å². The lowest BCUT2D eigenvalue weighted by molar-refractivity contribution is -0.141. The summed E-state index contributed by atoms with van der Waals surface area (Å²) in [5.74, 6) is 0.800. The highest BCUT2D eigenvalue weighted by atomic mass is 19.4. The van der Waals surface area contributed by atoms with Gasteiger partial charge < -0.3 is 15.1 Å². The van der Waals surface area contributed by atoms with Crippen LogP contribution in [0, 0.1) is 11.8 Å². The van der Waals surface area contributed by atoms with Crippen LogP contribution in [-0.2, 0) is 6.18 Å². The average Bonchev–Trinajstić information content (AvgIpc) is 3.30. The van der Waals surface area contributed by atoms with Gasteiger partial charge in [0.25, 0.3) is 0 Å². The number of rotatable bonds is 2. The lowest BCUT2D eigenvalue weighted by Gasteiger charge is -2.27. The molecule has 1 aromatic heterocycles. The Hall–Kier alpha value is -2.06. The summed E-state index contributed by atoms with van der Waals surface area (Å²) in [6.07, 6.45) is -3.34. The van der Waals surface area contributed by atoms with Crippen molar-refractivity contribution in [3.8, 4) is 0 Å². The van der Waals surface area contributed by atoms with E-state index in [9.17, 15) is 22.4 Å². The Morgan fingerprint density at radius 1 is 1.21 bits per heavy atom. The van der Waals surface area contributed by atoms with Crippen LogP contribution in [0.4, 0.5) is 28.2 Å². The number of alkyl halides is 4. The highest BCUT2D eigenvalue weighted by Gasteiger charge is 2.45. The number of nitrogens with zero attached hydrogens (tertiary/aromatic N) is 3. The molecule has 5 atom stereocenters. The van der Waals surface area contributed by atoms with Gasteiger partial charge in [0.05, 0.1) is 6.54 Å². The third-order valence-electron chi connectivity index (χ3n) is 6.30. The number of pyridine rings is 1. The summed E-state index contributed by atoms with van der Waals surface area (Å²) < 4.78 is 52.4. The number of nitrogens with one attached hydrogen (secondary N) is 1. The second kappa shape index (κ2) is 7.08. The number of hydrogen-bond acceptors (Lipinski definition) is 3. The summed E-state index contributed by atoms with van der Waals surface area (Å²) in [6, 6.07) is 3.53. The maximum atomic E-state index is 13.6. The van der Waals surface area contributed by atoms with E-state index in [4.69, 9.17) is 0 Å². The van der Waals surface area contributed by atoms with Crippen LogP contribution in [-0.4, -0.2) is 53.8 Å². The highest BCUT2D eigenvalue weighted by molar-refractivity contribution is 5.75. The van der Waals surface area contributed by atoms with Crippen LogP contribution in [0.15, 0.2) is 18.2 Å². The molecule has 3 aliphatic rings. The van der Waals surface area contributed by atoms with Crippen LogP contribution in [0.1, 0.15) is 31.9 Å². The third kappa shape index (κ3) is 3.63. The van der Waals surface area contributed by atoms with E-state index >= 15 is 0 Å². The fourth-order valence-electron chi connectivity index (χ4n) is 4.88. The number of likely N-dealkylation sites (tertiary alicyclic amines) is 1. The van der Waals surface area contributed by atoms with Crippen LogP contribution < -0.4 is 10.2 Å². The summed E-state index contributed by atoms with van der Waals surface area (Å²) >= 11 is 0. The minimum Gasteiger partial charge on any atom is -0.356 e. The Balaban J connectivity index is 1.41. The minimum atomic E-state index is -4.47. The van der Waals surface area contributed by atoms with E-state index in [0.29, 0.717) is 31.2 Å². The second-order valence-electron chi connectivity index (χ2n) is 8.18. The quantitative estimate of drug-likeness (QED) is 0.774. The minimum absolute atomic E-state index is 0.0424. The predicted octanol–water partition coefficient (Wildman–Crippen LogP) is 3.46. The summed E-state index contributed by atoms with van der Waals surface area (Å²) in [6.45, 7) is 3.16. The molecule has 1 aromatic rings. The molecule has 1 N–H and O–H groups in total. The summed E-state index contributed by atoms with van der Waals surface area (Å²) in [4.78, 5) is 19.7. The fraction of sp³-hybridized carbons (Fsp3) is 0.684. The monoisotopic (exact) mass is 400 g/mol. The molecule has 1 saturated carbocycles. The van der Waals surface area contributed by atoms with E-state index in [0.717, 1.165) is 18.9 Å². The average molecular weight is 400 g/mol. The van der Waals surface area contributed by atoms with Gasteiger partial charge in [0.15, 0.2) is 0 Å². The van der Waals surface area contributed by atoms with Gasteiger partial charge >= 0.3 is 12.2 Å². The molecule has 1 aliphatic carbocycles. The molecular formula is C19H24F4N4O. The summed E-state index contributed by atoms with van der Waals surface area (Å²) in [5.41, 5.74) is -0.893. The SMILES string of the molecule is CC1C[C@H](F)CN1C(=O)N[C@H]1CC[C@@H]2CN(c3cccc(C(F)(F)F)n3)C[C@@H]21. The number of anilines is 1. The maximum Gasteiger partial charge on any atom is 0.433 e. The van der Waals surface area contributed by atoms with Gasteiger partial charge in [0.1, 0.15) is 17.7 Å². The molecular weight excluding hydrogens is 376 g/mol. The molecule has 1 unspecified atom stereocenters. The normalized spacial score (nSPS) is 32.7. The van der Waals surface area contributed by atoms with Crippen LogP contribution in [0.5, 0.6) is 0 Å². The number of aromatic nitrogens is 1. The highest BCUT2D eigenvalue weighted by Crippen LogP contribution is 2.40. The molecule has 154 valence electrons. The Kier molecular flexibility index (Phi) is 4.87. The Labute approximate surface area is 161 Å². The van der Waals surface area contributed by atoms with Crippen molar-refractivity contribution < 1.29 is 22.4 Å². The number of carbonyl (C=O) groups excluding carboxylic acids is 1. The van der Waals surface area contributed by atoms with E-state index in [2.05, 4.69) is 10.3 Å². The first kappa shape index (κ1) is 19.3. The van der Waals surface area contributed by atoms with Crippen molar-refractivity contribution in [1.82, 2.24) is 15.2 Å². The van der Waals surface area contributed by atoms with Crippen molar-refractivity contribution in [3.05, 3.63) is 23.9 Å². The fourth-order valence-corrected chi connectivity index (χ4v) is 4.88. The molecule has 4 rings (SSSR count). The zero-order chi connectivity index (χ0) is 20.1. The Bertz CT molecular complexity index is 743. The van der Waals surface area contributed by atoms with Crippen LogP contribution in [0.3, 0.4) is 0 Å². The van der Waals surface area contributed by atoms with Crippen LogP contribution in [0.25, 0.3) is 0 Å². The molecule has 3 heterocycles. The van der Waals surface area contributed by atoms with Crippen molar-refractivity contribution >= 4 is 11.8 Å². The molecule has 0 radical (unpaired) electrons. The number of urea groups is 1. The third-order valence-corrected chi connectivity index (χ3v) is 6.30. The number of amides is 2. The number of fused-ring (bicyclic) bond motifs is 1. The van der Waals surface area contributed by atoms with Crippen molar-refractivity contribution in [2.24, 2.45) is 11.8 Å². The first-order valence-electron chi connectivity index (χ1n) is 9.73. The standard InChI is InChI=1S/C19H24F4N4O/c1-11-7-13(20)9-27(11)18(28)24-15-6-5-12-8-26(10-14(12)15)17-4-2-3-16(25-17)19(21,22)23/h2-4,11-15H,5-10H2,1H3,(H,24,28)/t11?,12-,13+,14+,15+/m1/s1. The van der Waals surface area contributed by atoms with Crippen LogP contribution >= 0.6 is 0 Å². The molecule has 2 amide bonds. The number of carbonyl (C=O) groups is 1. The molecule has 2 saturated heterocycles. The lowest BCUT2D eigenvalue weighted by atomic mass is 9.98. The van der Waals surface area contributed by atoms with E-state index in [1.807, 2.05) is 11.8 Å². The smallest absolute Gasteiger partial charge is 0.356 e. The molecule has 9 heteroatoms. The molecule has 5 nitrogen and oxygen atoms in total. The van der Waals surface area contributed by atoms with Gasteiger partial charge in [-0.1, -0.05) is 6.07 Å². The van der Waals surface area contributed by atoms with Gasteiger partial charge in [-0.05, 0) is 37.8 Å². The maximum absolute atomic E-state index is 13.6. The zero-order valence-electron chi connectivity index (χ0n) is 15.6. The van der Waals surface area contributed by atoms with E-state index in [1.54, 1.807) is 11.0 Å². The molecule has 0 spiro atoms. The summed E-state index contributed by atoms with van der Waals surface area (Å²) in [7, 11) is 0. The predicted molar refractivity (Wildman–Crippen MR) is 95.7 cm³/mol. The number of halogens is 4. The van der Waals surface area contributed by atoms with Gasteiger partial charge in [-0.2, -0.15) is 13.2 Å². The zero-order valence-corrected chi connectivity index (χ0v) is 15.6. The lowest BCUT2D eigenvalue weighted by Crippen LogP contribution is -2.48. The molecule has 0 bridgehead atoms. The molecule has 0 aromatic carbocycles. The Morgan fingerprint density at radius 2 is 2.00 bits per heavy atom. The van der Waals surface area contributed by atoms with E-state index in [1.165, 1.54) is 6.07 Å². The van der Waals surface area contributed by atoms with Gasteiger partial charge in [-0.15, -0.1) is 0 Å². The summed E-state index contributed by atoms with van der Waals surface area (Å²) in [5, 5.41) is 3.04. The first-order valence-corrected chi connectivity index (χ1v) is 9.73. The Morgan fingerprint density at radius 3 is 2.68 bits per heavy atom. The van der Waals surface area contributed by atoms with Crippen molar-refractivity contribution in [2.45, 2.75) is 50.6 Å². The second-order valence-corrected chi connectivity index (χ2v) is 8.18. The molecule has 2 aliphatic heterocycles. The van der Waals surface area contributed by atoms with E-state index in [-0.39, 0.29) is 30.6 Å².